The molecule has 0 spiro atoms. The summed E-state index contributed by atoms with van der Waals surface area (Å²) < 4.78 is 4.32. The third-order valence-electron chi connectivity index (χ3n) is 0.884. The molecule has 0 fully saturated rings. The van der Waals surface area contributed by atoms with Crippen LogP contribution in [-0.4, -0.2) is 19.2 Å². The van der Waals surface area contributed by atoms with Gasteiger partial charge in [0.1, 0.15) is 0 Å². The predicted octanol–water partition coefficient (Wildman–Crippen LogP) is 0.917. The van der Waals surface area contributed by atoms with E-state index in [4.69, 9.17) is 0 Å². The van der Waals surface area contributed by atoms with E-state index in [1.54, 1.807) is 6.08 Å². The van der Waals surface area contributed by atoms with Crippen LogP contribution >= 0.6 is 0 Å². The number of hydrogen-bond acceptors (Lipinski definition) is 2. The van der Waals surface area contributed by atoms with Gasteiger partial charge in [-0.05, 0) is 6.92 Å². The van der Waals surface area contributed by atoms with E-state index in [0.29, 0.717) is 0 Å². The van der Waals surface area contributed by atoms with Crippen LogP contribution in [0, 0.1) is 0 Å². The molecule has 0 bridgehead atoms. The second kappa shape index (κ2) is 3.95. The molecule has 52 valence electrons. The van der Waals surface area contributed by atoms with Gasteiger partial charge in [-0.2, -0.15) is 0 Å². The van der Waals surface area contributed by atoms with E-state index in [0.717, 1.165) is 0 Å². The number of carbonyl (C=O) groups is 1. The summed E-state index contributed by atoms with van der Waals surface area (Å²) in [4.78, 5) is 10.4. The van der Waals surface area contributed by atoms with Crippen molar-refractivity contribution in [2.45, 2.75) is 13.0 Å². The van der Waals surface area contributed by atoms with Gasteiger partial charge in [-0.25, -0.2) is 4.79 Å². The van der Waals surface area contributed by atoms with E-state index in [1.165, 1.54) is 7.11 Å². The zero-order chi connectivity index (χ0) is 7.28. The molecule has 0 radical (unpaired) electrons. The van der Waals surface area contributed by atoms with E-state index in [-0.39, 0.29) is 6.04 Å². The van der Waals surface area contributed by atoms with Crippen molar-refractivity contribution in [1.82, 2.24) is 5.32 Å². The molecule has 3 nitrogen and oxygen atoms in total. The Bertz CT molecular complexity index is 112. The lowest BCUT2D eigenvalue weighted by atomic mass is 10.3. The Labute approximate surface area is 54.7 Å². The van der Waals surface area contributed by atoms with Gasteiger partial charge in [0.2, 0.25) is 0 Å². The molecule has 0 aliphatic heterocycles. The van der Waals surface area contributed by atoms with Crippen molar-refractivity contribution in [2.75, 3.05) is 7.11 Å². The zero-order valence-corrected chi connectivity index (χ0v) is 5.68. The molecule has 0 aliphatic carbocycles. The number of methoxy groups -OCH3 is 1. The highest BCUT2D eigenvalue weighted by molar-refractivity contribution is 5.67. The highest BCUT2D eigenvalue weighted by Crippen LogP contribution is 1.81. The first-order valence-electron chi connectivity index (χ1n) is 2.67. The lowest BCUT2D eigenvalue weighted by Gasteiger charge is -2.05. The van der Waals surface area contributed by atoms with Gasteiger partial charge in [0, 0.05) is 6.04 Å². The molecule has 0 saturated carbocycles. The van der Waals surface area contributed by atoms with Crippen LogP contribution in [0.5, 0.6) is 0 Å². The number of alkyl carbamates (subject to hydrolysis) is 1. The molecule has 0 rings (SSSR count). The number of hydrogen-bond donors (Lipinski definition) is 1. The van der Waals surface area contributed by atoms with Gasteiger partial charge in [-0.3, -0.25) is 0 Å². The van der Waals surface area contributed by atoms with Gasteiger partial charge in [0.15, 0.2) is 0 Å². The summed E-state index contributed by atoms with van der Waals surface area (Å²) in [6, 6.07) is -0.0301. The van der Waals surface area contributed by atoms with Crippen molar-refractivity contribution in [2.24, 2.45) is 0 Å². The maximum absolute atomic E-state index is 10.4. The minimum Gasteiger partial charge on any atom is -0.453 e. The Kier molecular flexibility index (Phi) is 3.51. The number of amides is 1. The van der Waals surface area contributed by atoms with Gasteiger partial charge >= 0.3 is 6.09 Å². The number of ether oxygens (including phenoxy) is 1. The Morgan fingerprint density at radius 1 is 1.89 bits per heavy atom. The van der Waals surface area contributed by atoms with Crippen LogP contribution < -0.4 is 5.32 Å². The molecule has 1 atom stereocenters. The summed E-state index contributed by atoms with van der Waals surface area (Å²) in [5.41, 5.74) is 0. The van der Waals surface area contributed by atoms with Crippen LogP contribution in [0.1, 0.15) is 6.92 Å². The second-order valence-corrected chi connectivity index (χ2v) is 1.66. The maximum atomic E-state index is 10.4. The first-order chi connectivity index (χ1) is 4.20. The van der Waals surface area contributed by atoms with Gasteiger partial charge in [0.05, 0.1) is 7.11 Å². The van der Waals surface area contributed by atoms with Crippen molar-refractivity contribution in [3.8, 4) is 0 Å². The SMILES string of the molecule is C=CC(C)NC(=O)OC. The lowest BCUT2D eigenvalue weighted by molar-refractivity contribution is 0.169. The summed E-state index contributed by atoms with van der Waals surface area (Å²) in [6.07, 6.45) is 1.19. The van der Waals surface area contributed by atoms with Crippen molar-refractivity contribution in [3.63, 3.8) is 0 Å². The van der Waals surface area contributed by atoms with Crippen LogP contribution in [0.4, 0.5) is 4.79 Å². The van der Waals surface area contributed by atoms with Gasteiger partial charge < -0.3 is 10.1 Å². The maximum Gasteiger partial charge on any atom is 0.407 e. The summed E-state index contributed by atoms with van der Waals surface area (Å²) in [6.45, 7) is 5.29. The molecular formula is C6H11NO2. The number of rotatable bonds is 2. The summed E-state index contributed by atoms with van der Waals surface area (Å²) in [7, 11) is 1.32. The molecule has 0 saturated heterocycles. The number of carbonyl (C=O) groups excluding carboxylic acids is 1. The Hall–Kier alpha value is -0.990. The van der Waals surface area contributed by atoms with Crippen molar-refractivity contribution >= 4 is 6.09 Å². The minimum atomic E-state index is -0.428. The highest BCUT2D eigenvalue weighted by Gasteiger charge is 1.99. The molecule has 0 aromatic carbocycles. The van der Waals surface area contributed by atoms with E-state index in [9.17, 15) is 4.79 Å². The zero-order valence-electron chi connectivity index (χ0n) is 5.68. The molecule has 0 heterocycles. The molecule has 3 heteroatoms. The molecular weight excluding hydrogens is 118 g/mol. The molecule has 1 amide bonds. The lowest BCUT2D eigenvalue weighted by Crippen LogP contribution is -2.30. The van der Waals surface area contributed by atoms with Crippen LogP contribution in [0.2, 0.25) is 0 Å². The molecule has 1 unspecified atom stereocenters. The first-order valence-corrected chi connectivity index (χ1v) is 2.67. The summed E-state index contributed by atoms with van der Waals surface area (Å²) >= 11 is 0. The van der Waals surface area contributed by atoms with E-state index in [1.807, 2.05) is 6.92 Å². The third-order valence-corrected chi connectivity index (χ3v) is 0.884. The average Bonchev–Trinajstić information content (AvgIpc) is 1.87. The fourth-order valence-corrected chi connectivity index (χ4v) is 0.304. The topological polar surface area (TPSA) is 38.3 Å². The standard InChI is InChI=1S/C6H11NO2/c1-4-5(2)7-6(8)9-3/h4-5H,1H2,2-3H3,(H,7,8). The van der Waals surface area contributed by atoms with Gasteiger partial charge in [-0.15, -0.1) is 6.58 Å². The van der Waals surface area contributed by atoms with Crippen LogP contribution in [0.3, 0.4) is 0 Å². The molecule has 0 aromatic rings. The third kappa shape index (κ3) is 3.58. The van der Waals surface area contributed by atoms with Gasteiger partial charge in [-0.1, -0.05) is 6.08 Å². The van der Waals surface area contributed by atoms with E-state index in [2.05, 4.69) is 16.6 Å². The van der Waals surface area contributed by atoms with E-state index >= 15 is 0 Å². The molecule has 9 heavy (non-hydrogen) atoms. The monoisotopic (exact) mass is 129 g/mol. The fraction of sp³-hybridized carbons (Fsp3) is 0.500. The summed E-state index contributed by atoms with van der Waals surface area (Å²) in [5, 5.41) is 2.50. The predicted molar refractivity (Wildman–Crippen MR) is 35.2 cm³/mol. The van der Waals surface area contributed by atoms with E-state index < -0.39 is 6.09 Å². The van der Waals surface area contributed by atoms with Crippen molar-refractivity contribution < 1.29 is 9.53 Å². The van der Waals surface area contributed by atoms with Gasteiger partial charge in [0.25, 0.3) is 0 Å². The Morgan fingerprint density at radius 2 is 2.44 bits per heavy atom. The van der Waals surface area contributed by atoms with Crippen LogP contribution in [0.15, 0.2) is 12.7 Å². The number of nitrogens with one attached hydrogen (secondary N) is 1. The quantitative estimate of drug-likeness (QED) is 0.563. The normalized spacial score (nSPS) is 11.8. The second-order valence-electron chi connectivity index (χ2n) is 1.66. The Balaban J connectivity index is 3.46. The average molecular weight is 129 g/mol. The minimum absolute atomic E-state index is 0.0301. The molecule has 0 aromatic heterocycles. The van der Waals surface area contributed by atoms with Crippen LogP contribution in [0.25, 0.3) is 0 Å². The molecule has 0 aliphatic rings. The van der Waals surface area contributed by atoms with Crippen LogP contribution in [-0.2, 0) is 4.74 Å². The highest BCUT2D eigenvalue weighted by atomic mass is 16.5. The van der Waals surface area contributed by atoms with Crippen molar-refractivity contribution in [1.29, 1.82) is 0 Å². The first kappa shape index (κ1) is 8.01. The largest absolute Gasteiger partial charge is 0.453 e. The fourth-order valence-electron chi connectivity index (χ4n) is 0.304. The Morgan fingerprint density at radius 3 is 2.78 bits per heavy atom. The van der Waals surface area contributed by atoms with Crippen molar-refractivity contribution in [3.05, 3.63) is 12.7 Å². The molecule has 1 N–H and O–H groups in total. The summed E-state index contributed by atoms with van der Waals surface area (Å²) in [5.74, 6) is 0. The smallest absolute Gasteiger partial charge is 0.407 e.